The molecule has 0 aliphatic carbocycles. The Morgan fingerprint density at radius 2 is 0.593 bits per heavy atom. The number of rotatable bonds is 7. The molecule has 8 aromatic carbocycles. The maximum absolute atomic E-state index is 2.41. The van der Waals surface area contributed by atoms with Gasteiger partial charge in [0, 0.05) is 34.1 Å². The molecule has 2 heteroatoms. The highest BCUT2D eigenvalue weighted by Gasteiger charge is 2.21. The van der Waals surface area contributed by atoms with Crippen LogP contribution in [0.2, 0.25) is 0 Å². The van der Waals surface area contributed by atoms with Gasteiger partial charge in [-0.3, -0.25) is 0 Å². The number of nitrogens with zero attached hydrogens (tertiary/aromatic N) is 2. The largest absolute Gasteiger partial charge is 0.310 e. The van der Waals surface area contributed by atoms with Gasteiger partial charge in [-0.05, 0) is 150 Å². The minimum atomic E-state index is 0.0719. The SMILES string of the molecule is CC(C)c1ccc(N(c2ccc(C(C)(C)C)cc2)c2ccc3ccc4ccc5ccc(N(c6ccc(C(C)(C)C)cc6)c6ccc(C(C)(C)C)cc6)cc5c4c3c2)cc1. The molecule has 0 aromatic heterocycles. The van der Waals surface area contributed by atoms with Crippen LogP contribution in [-0.4, -0.2) is 0 Å². The van der Waals surface area contributed by atoms with Gasteiger partial charge in [-0.15, -0.1) is 0 Å². The molecular formula is C57H60N2. The molecule has 8 rings (SSSR count). The van der Waals surface area contributed by atoms with Gasteiger partial charge in [-0.1, -0.05) is 161 Å². The van der Waals surface area contributed by atoms with Crippen molar-refractivity contribution in [3.8, 4) is 0 Å². The Labute approximate surface area is 353 Å². The van der Waals surface area contributed by atoms with Crippen molar-refractivity contribution in [3.63, 3.8) is 0 Å². The fourth-order valence-electron chi connectivity index (χ4n) is 8.36. The molecule has 0 radical (unpaired) electrons. The molecule has 0 saturated carbocycles. The first-order chi connectivity index (χ1) is 28.0. The third kappa shape index (κ3) is 7.98. The van der Waals surface area contributed by atoms with Gasteiger partial charge in [0.25, 0.3) is 0 Å². The summed E-state index contributed by atoms with van der Waals surface area (Å²) < 4.78 is 0. The van der Waals surface area contributed by atoms with Crippen molar-refractivity contribution in [1.29, 1.82) is 0 Å². The van der Waals surface area contributed by atoms with Crippen LogP contribution in [-0.2, 0) is 16.2 Å². The van der Waals surface area contributed by atoms with Crippen LogP contribution in [0, 0.1) is 0 Å². The molecule has 8 aromatic rings. The quantitative estimate of drug-likeness (QED) is 0.149. The van der Waals surface area contributed by atoms with Crippen LogP contribution in [0.4, 0.5) is 34.1 Å². The third-order valence-electron chi connectivity index (χ3n) is 12.1. The van der Waals surface area contributed by atoms with Gasteiger partial charge in [0.1, 0.15) is 0 Å². The van der Waals surface area contributed by atoms with Crippen LogP contribution in [0.25, 0.3) is 32.3 Å². The smallest absolute Gasteiger partial charge is 0.0468 e. The minimum absolute atomic E-state index is 0.0719. The van der Waals surface area contributed by atoms with Crippen LogP contribution in [0.1, 0.15) is 104 Å². The van der Waals surface area contributed by atoms with Gasteiger partial charge in [-0.25, -0.2) is 0 Å². The molecule has 59 heavy (non-hydrogen) atoms. The van der Waals surface area contributed by atoms with Crippen LogP contribution in [0.15, 0.2) is 158 Å². The van der Waals surface area contributed by atoms with Gasteiger partial charge < -0.3 is 9.80 Å². The highest BCUT2D eigenvalue weighted by atomic mass is 15.1. The second-order valence-corrected chi connectivity index (χ2v) is 19.8. The third-order valence-corrected chi connectivity index (χ3v) is 12.1. The highest BCUT2D eigenvalue weighted by Crippen LogP contribution is 2.43. The van der Waals surface area contributed by atoms with E-state index in [-0.39, 0.29) is 16.2 Å². The topological polar surface area (TPSA) is 6.48 Å². The second-order valence-electron chi connectivity index (χ2n) is 19.8. The highest BCUT2D eigenvalue weighted by molar-refractivity contribution is 6.21. The van der Waals surface area contributed by atoms with Gasteiger partial charge in [0.2, 0.25) is 0 Å². The summed E-state index contributed by atoms with van der Waals surface area (Å²) in [6, 6.07) is 59.6. The summed E-state index contributed by atoms with van der Waals surface area (Å²) in [5, 5.41) is 7.44. The molecule has 0 fully saturated rings. The lowest BCUT2D eigenvalue weighted by molar-refractivity contribution is 0.590. The molecular weight excluding hydrogens is 713 g/mol. The van der Waals surface area contributed by atoms with E-state index in [1.165, 1.54) is 54.6 Å². The lowest BCUT2D eigenvalue weighted by Gasteiger charge is -2.28. The summed E-state index contributed by atoms with van der Waals surface area (Å²) in [6.07, 6.45) is 0. The Bertz CT molecular complexity index is 2690. The fourth-order valence-corrected chi connectivity index (χ4v) is 8.36. The minimum Gasteiger partial charge on any atom is -0.310 e. The van der Waals surface area contributed by atoms with E-state index < -0.39 is 0 Å². The number of hydrogen-bond acceptors (Lipinski definition) is 2. The van der Waals surface area contributed by atoms with E-state index in [1.807, 2.05) is 0 Å². The predicted molar refractivity (Wildman–Crippen MR) is 259 cm³/mol. The lowest BCUT2D eigenvalue weighted by atomic mass is 9.86. The van der Waals surface area contributed by atoms with Crippen LogP contribution in [0.3, 0.4) is 0 Å². The van der Waals surface area contributed by atoms with Gasteiger partial charge in [0.15, 0.2) is 0 Å². The van der Waals surface area contributed by atoms with Crippen molar-refractivity contribution in [2.45, 2.75) is 98.3 Å². The maximum Gasteiger partial charge on any atom is 0.0468 e. The predicted octanol–water partition coefficient (Wildman–Crippen LogP) is 17.1. The Balaban J connectivity index is 1.33. The van der Waals surface area contributed by atoms with E-state index in [9.17, 15) is 0 Å². The average Bonchev–Trinajstić information content (AvgIpc) is 3.20. The van der Waals surface area contributed by atoms with Crippen LogP contribution < -0.4 is 9.80 Å². The molecule has 0 aliphatic heterocycles. The Morgan fingerprint density at radius 3 is 0.898 bits per heavy atom. The summed E-state index contributed by atoms with van der Waals surface area (Å²) in [4.78, 5) is 4.83. The number of fused-ring (bicyclic) bond motifs is 5. The van der Waals surface area contributed by atoms with Crippen molar-refractivity contribution in [2.24, 2.45) is 0 Å². The standard InChI is InChI=1S/C57H60N2/c1-38(2)39-16-26-46(27-17-39)58(47-30-20-43(21-31-47)55(3,4)5)50-28-18-40-12-14-42-15-13-41-19-29-51(37-53(41)54(42)52(40)36-50)59(48-32-22-44(23-33-48)56(6,7)8)49-34-24-45(25-35-49)57(9,10)11/h12-38H,1-11H3. The molecule has 0 bridgehead atoms. The summed E-state index contributed by atoms with van der Waals surface area (Å²) in [5.74, 6) is 0.468. The molecule has 0 aliphatic rings. The summed E-state index contributed by atoms with van der Waals surface area (Å²) in [7, 11) is 0. The summed E-state index contributed by atoms with van der Waals surface area (Å²) in [6.45, 7) is 25.0. The molecule has 0 N–H and O–H groups in total. The van der Waals surface area contributed by atoms with Gasteiger partial charge in [0.05, 0.1) is 0 Å². The maximum atomic E-state index is 2.41. The van der Waals surface area contributed by atoms with Gasteiger partial charge in [-0.2, -0.15) is 0 Å². The second kappa shape index (κ2) is 15.1. The zero-order chi connectivity index (χ0) is 41.9. The molecule has 0 spiro atoms. The normalized spacial score (nSPS) is 12.5. The summed E-state index contributed by atoms with van der Waals surface area (Å²) in [5.41, 5.74) is 12.4. The average molecular weight is 773 g/mol. The Morgan fingerprint density at radius 1 is 0.322 bits per heavy atom. The van der Waals surface area contributed by atoms with Crippen LogP contribution >= 0.6 is 0 Å². The van der Waals surface area contributed by atoms with E-state index in [0.717, 1.165) is 34.1 Å². The van der Waals surface area contributed by atoms with Gasteiger partial charge >= 0.3 is 0 Å². The first kappa shape index (κ1) is 39.9. The number of anilines is 6. The van der Waals surface area contributed by atoms with Crippen molar-refractivity contribution >= 4 is 66.4 Å². The monoisotopic (exact) mass is 772 g/mol. The lowest BCUT2D eigenvalue weighted by Crippen LogP contribution is -2.14. The molecule has 0 unspecified atom stereocenters. The molecule has 0 amide bonds. The Hall–Kier alpha value is -5.86. The zero-order valence-electron chi connectivity index (χ0n) is 37.0. The van der Waals surface area contributed by atoms with Crippen molar-refractivity contribution in [1.82, 2.24) is 0 Å². The molecule has 0 heterocycles. The molecule has 2 nitrogen and oxygen atoms in total. The van der Waals surface area contributed by atoms with Crippen molar-refractivity contribution < 1.29 is 0 Å². The molecule has 0 saturated heterocycles. The van der Waals surface area contributed by atoms with Crippen molar-refractivity contribution in [3.05, 3.63) is 180 Å². The van der Waals surface area contributed by atoms with E-state index in [2.05, 4.69) is 244 Å². The molecule has 298 valence electrons. The summed E-state index contributed by atoms with van der Waals surface area (Å²) >= 11 is 0. The molecule has 0 atom stereocenters. The van der Waals surface area contributed by atoms with Crippen molar-refractivity contribution in [2.75, 3.05) is 9.80 Å². The number of hydrogen-bond donors (Lipinski definition) is 0. The van der Waals surface area contributed by atoms with E-state index in [1.54, 1.807) is 0 Å². The first-order valence-electron chi connectivity index (χ1n) is 21.4. The Kier molecular flexibility index (Phi) is 10.2. The van der Waals surface area contributed by atoms with E-state index >= 15 is 0 Å². The van der Waals surface area contributed by atoms with E-state index in [0.29, 0.717) is 5.92 Å². The van der Waals surface area contributed by atoms with Crippen LogP contribution in [0.5, 0.6) is 0 Å². The first-order valence-corrected chi connectivity index (χ1v) is 21.4. The zero-order valence-corrected chi connectivity index (χ0v) is 37.0. The number of benzene rings is 8. The van der Waals surface area contributed by atoms with E-state index in [4.69, 9.17) is 0 Å². The fraction of sp³-hybridized carbons (Fsp3) is 0.263.